The predicted molar refractivity (Wildman–Crippen MR) is 113 cm³/mol. The lowest BCUT2D eigenvalue weighted by Gasteiger charge is -2.62. The van der Waals surface area contributed by atoms with Crippen molar-refractivity contribution in [1.29, 1.82) is 0 Å². The highest BCUT2D eigenvalue weighted by Gasteiger charge is 2.56. The molecule has 0 N–H and O–H groups in total. The molecule has 2 aromatic rings. The average molecular weight is 445 g/mol. The molecular weight excluding hydrogens is 417 g/mol. The van der Waals surface area contributed by atoms with Crippen LogP contribution in [-0.2, 0) is 10.9 Å². The Labute approximate surface area is 185 Å². The van der Waals surface area contributed by atoms with Crippen molar-refractivity contribution in [3.05, 3.63) is 54.1 Å². The highest BCUT2D eigenvalue weighted by molar-refractivity contribution is 5.49. The number of hydrogen-bond acceptors (Lipinski definition) is 5. The minimum atomic E-state index is -4.39. The van der Waals surface area contributed by atoms with Gasteiger partial charge in [0.25, 0.3) is 0 Å². The molecule has 3 aliphatic heterocycles. The molecule has 3 atom stereocenters. The Morgan fingerprint density at radius 1 is 1.09 bits per heavy atom. The first-order chi connectivity index (χ1) is 15.4. The first-order valence-corrected chi connectivity index (χ1v) is 11.4. The van der Waals surface area contributed by atoms with Gasteiger partial charge in [-0.15, -0.1) is 0 Å². The van der Waals surface area contributed by atoms with E-state index in [4.69, 9.17) is 4.74 Å². The van der Waals surface area contributed by atoms with Crippen LogP contribution >= 0.6 is 0 Å². The predicted octanol–water partition coefficient (Wildman–Crippen LogP) is 4.17. The van der Waals surface area contributed by atoms with Crippen molar-refractivity contribution < 1.29 is 17.9 Å². The van der Waals surface area contributed by atoms with Gasteiger partial charge in [-0.05, 0) is 48.9 Å². The summed E-state index contributed by atoms with van der Waals surface area (Å²) >= 11 is 0. The number of anilines is 1. The monoisotopic (exact) mass is 444 g/mol. The van der Waals surface area contributed by atoms with Gasteiger partial charge in [-0.3, -0.25) is 9.88 Å². The lowest BCUT2D eigenvalue weighted by molar-refractivity contribution is -0.141. The largest absolute Gasteiger partial charge is 0.433 e. The summed E-state index contributed by atoms with van der Waals surface area (Å²) in [5.74, 6) is 1.22. The molecule has 1 aliphatic carbocycles. The minimum absolute atomic E-state index is 0.278. The van der Waals surface area contributed by atoms with E-state index in [2.05, 4.69) is 25.8 Å². The molecule has 0 aromatic carbocycles. The number of rotatable bonds is 4. The molecule has 2 aromatic heterocycles. The number of alkyl halides is 3. The van der Waals surface area contributed by atoms with Crippen LogP contribution in [0.4, 0.5) is 18.9 Å². The standard InChI is InChI=1S/C24H27F3N4O/c25-24(26,27)21-4-3-19(11-29-21)31-14-23(15-31)8-18(9-23)22(16-2-1-6-28-10-16)30-12-17-5-7-32-20(17)13-30/h1-4,6,10-11,17-18,20,22H,5,7-9,12-15H2. The summed E-state index contributed by atoms with van der Waals surface area (Å²) in [6.45, 7) is 4.77. The van der Waals surface area contributed by atoms with Gasteiger partial charge in [0.1, 0.15) is 5.69 Å². The van der Waals surface area contributed by atoms with Crippen molar-refractivity contribution in [2.75, 3.05) is 37.7 Å². The van der Waals surface area contributed by atoms with Crippen LogP contribution in [0, 0.1) is 17.3 Å². The maximum absolute atomic E-state index is 12.8. The van der Waals surface area contributed by atoms with E-state index in [9.17, 15) is 13.2 Å². The van der Waals surface area contributed by atoms with E-state index < -0.39 is 11.9 Å². The first-order valence-electron chi connectivity index (χ1n) is 11.4. The van der Waals surface area contributed by atoms with E-state index in [-0.39, 0.29) is 5.41 Å². The molecule has 5 heterocycles. The molecule has 8 heteroatoms. The lowest BCUT2D eigenvalue weighted by Crippen LogP contribution is -2.63. The normalized spacial score (nSPS) is 28.4. The van der Waals surface area contributed by atoms with Gasteiger partial charge >= 0.3 is 6.18 Å². The molecule has 3 saturated heterocycles. The number of likely N-dealkylation sites (tertiary alicyclic amines) is 1. The highest BCUT2D eigenvalue weighted by Crippen LogP contribution is 2.58. The summed E-state index contributed by atoms with van der Waals surface area (Å²) in [5.41, 5.74) is 1.51. The fraction of sp³-hybridized carbons (Fsp3) is 0.583. The van der Waals surface area contributed by atoms with Crippen LogP contribution in [0.2, 0.25) is 0 Å². The molecule has 1 saturated carbocycles. The van der Waals surface area contributed by atoms with Crippen LogP contribution < -0.4 is 4.90 Å². The molecule has 4 fully saturated rings. The highest BCUT2D eigenvalue weighted by atomic mass is 19.4. The summed E-state index contributed by atoms with van der Waals surface area (Å²) in [7, 11) is 0. The third-order valence-corrected chi connectivity index (χ3v) is 7.94. The molecule has 0 amide bonds. The van der Waals surface area contributed by atoms with Crippen molar-refractivity contribution >= 4 is 5.69 Å². The SMILES string of the molecule is FC(F)(F)c1ccc(N2CC3(CC(C(c4cccnc4)N4CC5CCOC5C4)C3)C2)cn1. The summed E-state index contributed by atoms with van der Waals surface area (Å²) in [4.78, 5) is 12.8. The molecule has 1 spiro atoms. The van der Waals surface area contributed by atoms with E-state index in [1.807, 2.05) is 18.5 Å². The number of hydrogen-bond donors (Lipinski definition) is 0. The van der Waals surface area contributed by atoms with Crippen molar-refractivity contribution in [3.63, 3.8) is 0 Å². The topological polar surface area (TPSA) is 41.5 Å². The van der Waals surface area contributed by atoms with Crippen LogP contribution in [0.15, 0.2) is 42.9 Å². The Balaban J connectivity index is 1.12. The zero-order valence-electron chi connectivity index (χ0n) is 17.8. The van der Waals surface area contributed by atoms with E-state index in [0.717, 1.165) is 63.8 Å². The number of fused-ring (bicyclic) bond motifs is 1. The number of pyridine rings is 2. The van der Waals surface area contributed by atoms with Crippen LogP contribution in [0.5, 0.6) is 0 Å². The Morgan fingerprint density at radius 3 is 2.59 bits per heavy atom. The number of ether oxygens (including phenoxy) is 1. The lowest BCUT2D eigenvalue weighted by atomic mass is 9.55. The fourth-order valence-corrected chi connectivity index (χ4v) is 6.49. The zero-order chi connectivity index (χ0) is 21.9. The summed E-state index contributed by atoms with van der Waals surface area (Å²) < 4.78 is 44.3. The molecule has 0 bridgehead atoms. The fourth-order valence-electron chi connectivity index (χ4n) is 6.49. The van der Waals surface area contributed by atoms with E-state index in [1.54, 1.807) is 6.07 Å². The first kappa shape index (κ1) is 20.4. The van der Waals surface area contributed by atoms with Gasteiger partial charge in [-0.25, -0.2) is 4.98 Å². The Bertz CT molecular complexity index is 941. The van der Waals surface area contributed by atoms with Crippen molar-refractivity contribution in [1.82, 2.24) is 14.9 Å². The third-order valence-electron chi connectivity index (χ3n) is 7.94. The van der Waals surface area contributed by atoms with Crippen molar-refractivity contribution in [3.8, 4) is 0 Å². The quantitative estimate of drug-likeness (QED) is 0.708. The van der Waals surface area contributed by atoms with E-state index >= 15 is 0 Å². The van der Waals surface area contributed by atoms with Gasteiger partial charge in [0.05, 0.1) is 18.0 Å². The molecule has 0 radical (unpaired) electrons. The smallest absolute Gasteiger partial charge is 0.377 e. The molecule has 6 rings (SSSR count). The summed E-state index contributed by atoms with van der Waals surface area (Å²) in [5, 5.41) is 0. The second kappa shape index (κ2) is 7.42. The maximum Gasteiger partial charge on any atom is 0.433 e. The van der Waals surface area contributed by atoms with Gasteiger partial charge in [0, 0.05) is 62.6 Å². The molecular formula is C24H27F3N4O. The number of halogens is 3. The number of nitrogens with zero attached hydrogens (tertiary/aromatic N) is 4. The minimum Gasteiger partial charge on any atom is -0.377 e. The average Bonchev–Trinajstić information content (AvgIpc) is 3.31. The molecule has 4 aliphatic rings. The van der Waals surface area contributed by atoms with Crippen LogP contribution in [0.3, 0.4) is 0 Å². The Kier molecular flexibility index (Phi) is 4.73. The van der Waals surface area contributed by atoms with Crippen LogP contribution in [-0.4, -0.2) is 53.8 Å². The zero-order valence-corrected chi connectivity index (χ0v) is 17.8. The molecule has 3 unspecified atom stereocenters. The number of aromatic nitrogens is 2. The van der Waals surface area contributed by atoms with Crippen molar-refractivity contribution in [2.24, 2.45) is 17.3 Å². The third kappa shape index (κ3) is 3.48. The van der Waals surface area contributed by atoms with E-state index in [1.165, 1.54) is 11.8 Å². The summed E-state index contributed by atoms with van der Waals surface area (Å²) in [6, 6.07) is 7.20. The van der Waals surface area contributed by atoms with Gasteiger partial charge in [-0.1, -0.05) is 6.07 Å². The van der Waals surface area contributed by atoms with Gasteiger partial charge in [0.2, 0.25) is 0 Å². The molecule has 32 heavy (non-hydrogen) atoms. The van der Waals surface area contributed by atoms with E-state index in [0.29, 0.717) is 24.0 Å². The Hall–Kier alpha value is -2.19. The molecule has 170 valence electrons. The van der Waals surface area contributed by atoms with Crippen LogP contribution in [0.1, 0.15) is 36.6 Å². The van der Waals surface area contributed by atoms with Crippen LogP contribution in [0.25, 0.3) is 0 Å². The van der Waals surface area contributed by atoms with Gasteiger partial charge in [-0.2, -0.15) is 13.2 Å². The Morgan fingerprint density at radius 2 is 1.94 bits per heavy atom. The van der Waals surface area contributed by atoms with Gasteiger partial charge in [0.15, 0.2) is 0 Å². The van der Waals surface area contributed by atoms with Crippen molar-refractivity contribution in [2.45, 2.75) is 37.6 Å². The maximum atomic E-state index is 12.8. The second-order valence-corrected chi connectivity index (χ2v) is 10.1. The summed E-state index contributed by atoms with van der Waals surface area (Å²) in [6.07, 6.45) is 4.61. The second-order valence-electron chi connectivity index (χ2n) is 10.1. The van der Waals surface area contributed by atoms with Gasteiger partial charge < -0.3 is 9.64 Å². The molecule has 5 nitrogen and oxygen atoms in total.